The Morgan fingerprint density at radius 3 is 2.63 bits per heavy atom. The zero-order valence-corrected chi connectivity index (χ0v) is 9.53. The van der Waals surface area contributed by atoms with Gasteiger partial charge in [0.15, 0.2) is 17.2 Å². The maximum absolute atomic E-state index is 11.1. The zero-order chi connectivity index (χ0) is 14.0. The first-order valence-corrected chi connectivity index (χ1v) is 5.02. The third kappa shape index (κ3) is 1.94. The van der Waals surface area contributed by atoms with Gasteiger partial charge < -0.3 is 11.5 Å². The lowest BCUT2D eigenvalue weighted by molar-refractivity contribution is 0.0995. The van der Waals surface area contributed by atoms with Crippen molar-refractivity contribution < 1.29 is 4.79 Å². The van der Waals surface area contributed by atoms with Crippen LogP contribution in [0.2, 0.25) is 0 Å². The molecule has 0 aliphatic heterocycles. The van der Waals surface area contributed by atoms with Crippen LogP contribution in [-0.4, -0.2) is 20.4 Å². The molecule has 0 saturated carbocycles. The molecule has 0 aliphatic rings. The Morgan fingerprint density at radius 1 is 1.32 bits per heavy atom. The molecule has 0 unspecified atom stereocenters. The Hall–Kier alpha value is -3.39. The highest BCUT2D eigenvalue weighted by molar-refractivity contribution is 5.91. The van der Waals surface area contributed by atoms with Crippen LogP contribution >= 0.6 is 0 Å². The Morgan fingerprint density at radius 2 is 2.05 bits per heavy atom. The van der Waals surface area contributed by atoms with Gasteiger partial charge in [-0.15, -0.1) is 0 Å². The minimum absolute atomic E-state index is 0.000275. The smallest absolute Gasteiger partial charge is 0.267 e. The van der Waals surface area contributed by atoms with E-state index in [1.807, 2.05) is 6.07 Å². The van der Waals surface area contributed by atoms with Crippen molar-refractivity contribution in [3.63, 3.8) is 0 Å². The molecule has 0 atom stereocenters. The van der Waals surface area contributed by atoms with Gasteiger partial charge in [0.1, 0.15) is 24.2 Å². The maximum Gasteiger partial charge on any atom is 0.267 e. The minimum atomic E-state index is -0.722. The fourth-order valence-corrected chi connectivity index (χ4v) is 1.49. The summed E-state index contributed by atoms with van der Waals surface area (Å²) in [5.41, 5.74) is 11.0. The summed E-state index contributed by atoms with van der Waals surface area (Å²) in [5.74, 6) is -0.595. The van der Waals surface area contributed by atoms with Crippen molar-refractivity contribution in [1.29, 1.82) is 10.5 Å². The van der Waals surface area contributed by atoms with Crippen LogP contribution in [0.3, 0.4) is 0 Å². The van der Waals surface area contributed by atoms with Crippen LogP contribution in [0.25, 0.3) is 5.82 Å². The number of carbonyl (C=O) groups excluding carboxylic acids is 1. The van der Waals surface area contributed by atoms with E-state index in [2.05, 4.69) is 9.97 Å². The highest BCUT2D eigenvalue weighted by atomic mass is 16.1. The van der Waals surface area contributed by atoms with Gasteiger partial charge in [-0.25, -0.2) is 9.97 Å². The Labute approximate surface area is 107 Å². The number of pyridine rings is 1. The summed E-state index contributed by atoms with van der Waals surface area (Å²) in [6.07, 6.45) is 1.24. The molecule has 0 aromatic carbocycles. The third-order valence-corrected chi connectivity index (χ3v) is 2.37. The number of rotatable bonds is 2. The molecule has 92 valence electrons. The summed E-state index contributed by atoms with van der Waals surface area (Å²) >= 11 is 0. The number of imidazole rings is 1. The molecule has 0 fully saturated rings. The van der Waals surface area contributed by atoms with Crippen LogP contribution < -0.4 is 11.5 Å². The lowest BCUT2D eigenvalue weighted by Crippen LogP contribution is -2.15. The average molecular weight is 253 g/mol. The van der Waals surface area contributed by atoms with Crippen molar-refractivity contribution in [3.05, 3.63) is 35.5 Å². The number of hydrogen-bond acceptors (Lipinski definition) is 6. The standard InChI is InChI=1S/C11H7N7O/c12-3-8-9(4-13)18(5-16-8)11-6(14)1-2-7(17-11)10(15)19/h1-2,5H,14H2,(H2,15,19). The van der Waals surface area contributed by atoms with Crippen LogP contribution in [0.4, 0.5) is 5.69 Å². The molecule has 1 amide bonds. The minimum Gasteiger partial charge on any atom is -0.396 e. The summed E-state index contributed by atoms with van der Waals surface area (Å²) in [6.45, 7) is 0. The highest BCUT2D eigenvalue weighted by Gasteiger charge is 2.16. The van der Waals surface area contributed by atoms with Crippen molar-refractivity contribution in [2.75, 3.05) is 5.73 Å². The van der Waals surface area contributed by atoms with Crippen LogP contribution in [0, 0.1) is 22.7 Å². The molecule has 8 nitrogen and oxygen atoms in total. The lowest BCUT2D eigenvalue weighted by Gasteiger charge is -2.07. The van der Waals surface area contributed by atoms with E-state index in [0.717, 1.165) is 0 Å². The van der Waals surface area contributed by atoms with Crippen LogP contribution in [0.15, 0.2) is 18.5 Å². The number of nitrogens with two attached hydrogens (primary N) is 2. The summed E-state index contributed by atoms with van der Waals surface area (Å²) in [7, 11) is 0. The molecule has 0 saturated heterocycles. The molecule has 0 spiro atoms. The molecular weight excluding hydrogens is 246 g/mol. The number of hydrogen-bond donors (Lipinski definition) is 2. The first-order chi connectivity index (χ1) is 9.08. The molecule has 2 aromatic rings. The number of carbonyl (C=O) groups is 1. The number of amides is 1. The Kier molecular flexibility index (Phi) is 2.84. The van der Waals surface area contributed by atoms with E-state index < -0.39 is 5.91 Å². The first kappa shape index (κ1) is 12.1. The summed E-state index contributed by atoms with van der Waals surface area (Å²) < 4.78 is 1.24. The normalized spacial score (nSPS) is 9.58. The van der Waals surface area contributed by atoms with E-state index >= 15 is 0 Å². The second-order valence-corrected chi connectivity index (χ2v) is 3.51. The molecule has 2 heterocycles. The fourth-order valence-electron chi connectivity index (χ4n) is 1.49. The molecule has 2 aromatic heterocycles. The molecule has 19 heavy (non-hydrogen) atoms. The number of nitrogens with zero attached hydrogens (tertiary/aromatic N) is 5. The molecule has 0 radical (unpaired) electrons. The fraction of sp³-hybridized carbons (Fsp3) is 0. The largest absolute Gasteiger partial charge is 0.396 e. The number of nitriles is 2. The summed E-state index contributed by atoms with van der Waals surface area (Å²) in [6, 6.07) is 6.43. The number of anilines is 1. The third-order valence-electron chi connectivity index (χ3n) is 2.37. The molecule has 0 bridgehead atoms. The Balaban J connectivity index is 2.69. The van der Waals surface area contributed by atoms with Gasteiger partial charge in [-0.3, -0.25) is 9.36 Å². The van der Waals surface area contributed by atoms with E-state index in [4.69, 9.17) is 22.0 Å². The predicted molar refractivity (Wildman–Crippen MR) is 63.7 cm³/mol. The number of nitrogen functional groups attached to an aromatic ring is 1. The number of aromatic nitrogens is 3. The predicted octanol–water partition coefficient (Wildman–Crippen LogP) is -0.308. The SMILES string of the molecule is N#Cc1ncn(-c2nc(C(N)=O)ccc2N)c1C#N. The first-order valence-electron chi connectivity index (χ1n) is 5.02. The Bertz CT molecular complexity index is 747. The van der Waals surface area contributed by atoms with E-state index in [1.54, 1.807) is 6.07 Å². The van der Waals surface area contributed by atoms with E-state index in [9.17, 15) is 4.79 Å². The van der Waals surface area contributed by atoms with Crippen LogP contribution in [0.5, 0.6) is 0 Å². The van der Waals surface area contributed by atoms with Crippen LogP contribution in [-0.2, 0) is 0 Å². The van der Waals surface area contributed by atoms with Gasteiger partial charge in [0, 0.05) is 0 Å². The van der Waals surface area contributed by atoms with Gasteiger partial charge in [-0.1, -0.05) is 0 Å². The second-order valence-electron chi connectivity index (χ2n) is 3.51. The van der Waals surface area contributed by atoms with Gasteiger partial charge in [-0.2, -0.15) is 10.5 Å². The average Bonchev–Trinajstić information content (AvgIpc) is 2.81. The van der Waals surface area contributed by atoms with Crippen LogP contribution in [0.1, 0.15) is 21.9 Å². The highest BCUT2D eigenvalue weighted by Crippen LogP contribution is 2.18. The van der Waals surface area contributed by atoms with Crippen molar-refractivity contribution >= 4 is 11.6 Å². The molecule has 8 heteroatoms. The van der Waals surface area contributed by atoms with Gasteiger partial charge in [0.2, 0.25) is 0 Å². The van der Waals surface area contributed by atoms with Crippen molar-refractivity contribution in [3.8, 4) is 18.0 Å². The van der Waals surface area contributed by atoms with Crippen molar-refractivity contribution in [2.24, 2.45) is 5.73 Å². The topological polar surface area (TPSA) is 147 Å². The molecular formula is C11H7N7O. The van der Waals surface area contributed by atoms with Gasteiger partial charge in [0.25, 0.3) is 5.91 Å². The van der Waals surface area contributed by atoms with E-state index in [0.29, 0.717) is 0 Å². The van der Waals surface area contributed by atoms with Crippen molar-refractivity contribution in [2.45, 2.75) is 0 Å². The van der Waals surface area contributed by atoms with Gasteiger partial charge >= 0.3 is 0 Å². The summed E-state index contributed by atoms with van der Waals surface area (Å²) in [4.78, 5) is 18.8. The summed E-state index contributed by atoms with van der Waals surface area (Å²) in [5, 5.41) is 17.8. The maximum atomic E-state index is 11.1. The molecule has 4 N–H and O–H groups in total. The molecule has 0 aliphatic carbocycles. The number of primary amides is 1. The van der Waals surface area contributed by atoms with E-state index in [1.165, 1.54) is 23.0 Å². The lowest BCUT2D eigenvalue weighted by atomic mass is 10.3. The quantitative estimate of drug-likeness (QED) is 0.750. The van der Waals surface area contributed by atoms with E-state index in [-0.39, 0.29) is 28.6 Å². The van der Waals surface area contributed by atoms with Crippen molar-refractivity contribution in [1.82, 2.24) is 14.5 Å². The van der Waals surface area contributed by atoms with Gasteiger partial charge in [0.05, 0.1) is 5.69 Å². The van der Waals surface area contributed by atoms with Gasteiger partial charge in [-0.05, 0) is 12.1 Å². The zero-order valence-electron chi connectivity index (χ0n) is 9.53. The molecule has 2 rings (SSSR count). The monoisotopic (exact) mass is 253 g/mol. The second kappa shape index (κ2) is 4.47.